The molecular formula is C56H37NOS. The van der Waals surface area contributed by atoms with Crippen molar-refractivity contribution in [2.24, 2.45) is 0 Å². The van der Waals surface area contributed by atoms with Gasteiger partial charge in [-0.1, -0.05) is 146 Å². The molecule has 2 aromatic heterocycles. The first-order valence-electron chi connectivity index (χ1n) is 20.4. The first kappa shape index (κ1) is 33.9. The summed E-state index contributed by atoms with van der Waals surface area (Å²) in [6, 6.07) is 68.6. The number of nitrogens with zero attached hydrogens (tertiary/aromatic N) is 1. The second-order valence-corrected chi connectivity index (χ2v) is 16.5. The van der Waals surface area contributed by atoms with E-state index in [4.69, 9.17) is 4.42 Å². The van der Waals surface area contributed by atoms with Crippen LogP contribution in [0.2, 0.25) is 0 Å². The van der Waals surface area contributed by atoms with Crippen molar-refractivity contribution in [3.8, 4) is 11.1 Å². The minimum atomic E-state index is 0.910. The molecule has 278 valence electrons. The highest BCUT2D eigenvalue weighted by Crippen LogP contribution is 2.46. The van der Waals surface area contributed by atoms with Gasteiger partial charge in [0, 0.05) is 47.7 Å². The number of hydrogen-bond donors (Lipinski definition) is 0. The summed E-state index contributed by atoms with van der Waals surface area (Å²) in [5.41, 5.74) is 12.7. The van der Waals surface area contributed by atoms with E-state index < -0.39 is 0 Å². The molecule has 12 rings (SSSR count). The molecule has 0 bridgehead atoms. The van der Waals surface area contributed by atoms with Crippen LogP contribution in [-0.4, -0.2) is 0 Å². The summed E-state index contributed by atoms with van der Waals surface area (Å²) in [6.07, 6.45) is 6.97. The van der Waals surface area contributed by atoms with Crippen LogP contribution in [0.1, 0.15) is 24.0 Å². The zero-order chi connectivity index (χ0) is 38.9. The monoisotopic (exact) mass is 771 g/mol. The predicted molar refractivity (Wildman–Crippen MR) is 253 cm³/mol. The molecule has 2 nitrogen and oxygen atoms in total. The van der Waals surface area contributed by atoms with Crippen molar-refractivity contribution >= 4 is 103 Å². The largest absolute Gasteiger partial charge is 0.456 e. The maximum Gasteiger partial charge on any atom is 0.135 e. The quantitative estimate of drug-likeness (QED) is 0.157. The summed E-state index contributed by atoms with van der Waals surface area (Å²) in [5, 5.41) is 9.90. The smallest absolute Gasteiger partial charge is 0.135 e. The molecule has 0 saturated carbocycles. The van der Waals surface area contributed by atoms with Gasteiger partial charge in [0.2, 0.25) is 0 Å². The Bertz CT molecular complexity index is 3490. The second kappa shape index (κ2) is 13.7. The highest BCUT2D eigenvalue weighted by Gasteiger charge is 2.21. The van der Waals surface area contributed by atoms with Gasteiger partial charge in [0.05, 0.1) is 5.69 Å². The van der Waals surface area contributed by atoms with E-state index in [1.807, 2.05) is 23.5 Å². The third-order valence-electron chi connectivity index (χ3n) is 12.1. The van der Waals surface area contributed by atoms with Crippen molar-refractivity contribution < 1.29 is 4.42 Å². The van der Waals surface area contributed by atoms with Crippen LogP contribution in [0.4, 0.5) is 17.1 Å². The normalized spacial score (nSPS) is 13.2. The Morgan fingerprint density at radius 3 is 1.83 bits per heavy atom. The molecule has 3 heteroatoms. The Balaban J connectivity index is 0.971. The van der Waals surface area contributed by atoms with Gasteiger partial charge in [-0.15, -0.1) is 11.3 Å². The summed E-state index contributed by atoms with van der Waals surface area (Å²) in [7, 11) is 0. The Hall–Kier alpha value is -7.20. The van der Waals surface area contributed by atoms with E-state index in [1.165, 1.54) is 69.6 Å². The summed E-state index contributed by atoms with van der Waals surface area (Å²) in [5.74, 6) is 0. The lowest BCUT2D eigenvalue weighted by Gasteiger charge is -2.28. The Labute approximate surface area is 346 Å². The van der Waals surface area contributed by atoms with Crippen molar-refractivity contribution in [3.63, 3.8) is 0 Å². The van der Waals surface area contributed by atoms with Gasteiger partial charge in [-0.3, -0.25) is 0 Å². The molecule has 0 amide bonds. The van der Waals surface area contributed by atoms with E-state index in [0.29, 0.717) is 0 Å². The number of furan rings is 1. The van der Waals surface area contributed by atoms with Crippen LogP contribution in [0.5, 0.6) is 0 Å². The highest BCUT2D eigenvalue weighted by atomic mass is 32.1. The van der Waals surface area contributed by atoms with Crippen LogP contribution in [0.25, 0.3) is 85.9 Å². The molecular weight excluding hydrogens is 735 g/mol. The molecule has 0 unspecified atom stereocenters. The lowest BCUT2D eigenvalue weighted by atomic mass is 9.87. The number of thiophene rings is 1. The van der Waals surface area contributed by atoms with Gasteiger partial charge in [-0.25, -0.2) is 0 Å². The van der Waals surface area contributed by atoms with Crippen LogP contribution >= 0.6 is 11.3 Å². The molecule has 11 aromatic rings. The van der Waals surface area contributed by atoms with Crippen LogP contribution in [-0.2, 0) is 0 Å². The number of allylic oxidation sites excluding steroid dienone is 4. The predicted octanol–water partition coefficient (Wildman–Crippen LogP) is 16.7. The topological polar surface area (TPSA) is 16.4 Å². The standard InChI is InChI=1S/C56H37NOS/c1-2-14-43-39(12-1)35-52(46-17-6-5-15-44(43)46)57(40-29-24-36(25-30-40)38-28-33-54-51(34-38)47-18-7-9-22-53(47)58-54)41-31-26-37(27-32-41)42-13-3-4-16-45(42)49-20-11-21-50-48-19-8-10-23-55(48)59-56(49)50/h1-2,5-35H,3-4H2. The van der Waals surface area contributed by atoms with E-state index in [0.717, 1.165) is 57.4 Å². The molecule has 9 aromatic carbocycles. The maximum atomic E-state index is 6.15. The molecule has 0 fully saturated rings. The van der Waals surface area contributed by atoms with Crippen LogP contribution in [0.3, 0.4) is 0 Å². The second-order valence-electron chi connectivity index (χ2n) is 15.5. The molecule has 1 aliphatic carbocycles. The Kier molecular flexibility index (Phi) is 7.89. The van der Waals surface area contributed by atoms with E-state index >= 15 is 0 Å². The molecule has 0 radical (unpaired) electrons. The van der Waals surface area contributed by atoms with Crippen molar-refractivity contribution in [2.75, 3.05) is 4.90 Å². The molecule has 2 heterocycles. The number of rotatable bonds is 6. The zero-order valence-electron chi connectivity index (χ0n) is 32.2. The molecule has 0 spiro atoms. The summed E-state index contributed by atoms with van der Waals surface area (Å²) >= 11 is 1.90. The third kappa shape index (κ3) is 5.61. The first-order chi connectivity index (χ1) is 29.2. The number of fused-ring (bicyclic) bond motifs is 9. The van der Waals surface area contributed by atoms with E-state index in [9.17, 15) is 0 Å². The van der Waals surface area contributed by atoms with Crippen molar-refractivity contribution in [2.45, 2.75) is 12.8 Å². The molecule has 0 N–H and O–H groups in total. The van der Waals surface area contributed by atoms with Gasteiger partial charge in [0.25, 0.3) is 0 Å². The van der Waals surface area contributed by atoms with Gasteiger partial charge in [-0.2, -0.15) is 0 Å². The Morgan fingerprint density at radius 2 is 1.02 bits per heavy atom. The molecule has 0 atom stereocenters. The Morgan fingerprint density at radius 1 is 0.407 bits per heavy atom. The zero-order valence-corrected chi connectivity index (χ0v) is 33.0. The molecule has 0 aliphatic heterocycles. The van der Waals surface area contributed by atoms with Gasteiger partial charge in [0.15, 0.2) is 0 Å². The lowest BCUT2D eigenvalue weighted by molar-refractivity contribution is 0.669. The lowest BCUT2D eigenvalue weighted by Crippen LogP contribution is -2.11. The molecule has 59 heavy (non-hydrogen) atoms. The summed E-state index contributed by atoms with van der Waals surface area (Å²) < 4.78 is 8.85. The minimum absolute atomic E-state index is 0.910. The summed E-state index contributed by atoms with van der Waals surface area (Å²) in [6.45, 7) is 0. The minimum Gasteiger partial charge on any atom is -0.456 e. The van der Waals surface area contributed by atoms with Crippen LogP contribution < -0.4 is 4.90 Å². The average molecular weight is 772 g/mol. The average Bonchev–Trinajstić information content (AvgIpc) is 3.88. The van der Waals surface area contributed by atoms with Gasteiger partial charge < -0.3 is 9.32 Å². The SMILES string of the molecule is C1=C(c2ccc(N(c3ccc(-c4ccc5oc6ccccc6c5c4)cc3)c3cc4ccccc4c4ccccc34)cc2)C(c2cccc3c2sc2ccccc23)=CCC1. The van der Waals surface area contributed by atoms with Gasteiger partial charge in [0.1, 0.15) is 11.2 Å². The van der Waals surface area contributed by atoms with Crippen molar-refractivity contribution in [1.29, 1.82) is 0 Å². The molecule has 0 saturated heterocycles. The fraction of sp³-hybridized carbons (Fsp3) is 0.0357. The van der Waals surface area contributed by atoms with E-state index in [1.54, 1.807) is 0 Å². The third-order valence-corrected chi connectivity index (χ3v) is 13.3. The van der Waals surface area contributed by atoms with Crippen LogP contribution in [0.15, 0.2) is 205 Å². The number of benzene rings is 9. The van der Waals surface area contributed by atoms with E-state index in [-0.39, 0.29) is 0 Å². The van der Waals surface area contributed by atoms with Crippen molar-refractivity contribution in [1.82, 2.24) is 0 Å². The van der Waals surface area contributed by atoms with Gasteiger partial charge >= 0.3 is 0 Å². The number of hydrogen-bond acceptors (Lipinski definition) is 3. The number of anilines is 3. The molecule has 1 aliphatic rings. The number of para-hydroxylation sites is 1. The van der Waals surface area contributed by atoms with Crippen molar-refractivity contribution in [3.05, 3.63) is 211 Å². The summed E-state index contributed by atoms with van der Waals surface area (Å²) in [4.78, 5) is 2.43. The fourth-order valence-corrected chi connectivity index (χ4v) is 10.5. The highest BCUT2D eigenvalue weighted by molar-refractivity contribution is 7.26. The van der Waals surface area contributed by atoms with Gasteiger partial charge in [-0.05, 0) is 117 Å². The fourth-order valence-electron chi connectivity index (χ4n) is 9.31. The van der Waals surface area contributed by atoms with E-state index in [2.05, 4.69) is 193 Å². The maximum absolute atomic E-state index is 6.15. The van der Waals surface area contributed by atoms with Crippen LogP contribution in [0, 0.1) is 0 Å². The first-order valence-corrected chi connectivity index (χ1v) is 21.2.